The maximum atomic E-state index is 13.3. The molecule has 0 fully saturated rings. The van der Waals surface area contributed by atoms with Crippen LogP contribution in [0.4, 0.5) is 5.69 Å². The number of anilines is 1. The predicted octanol–water partition coefficient (Wildman–Crippen LogP) is 2.80. The van der Waals surface area contributed by atoms with Crippen LogP contribution in [0.1, 0.15) is 44.6 Å². The molecule has 2 aromatic rings. The Morgan fingerprint density at radius 1 is 1.09 bits per heavy atom. The minimum absolute atomic E-state index is 0.0661. The zero-order valence-corrected chi connectivity index (χ0v) is 21.5. The molecule has 2 aromatic carbocycles. The average Bonchev–Trinajstić information content (AvgIpc) is 3.29. The van der Waals surface area contributed by atoms with Gasteiger partial charge in [0, 0.05) is 24.4 Å². The normalized spacial score (nSPS) is 15.9. The largest absolute Gasteiger partial charge is 0.468 e. The third-order valence-electron chi connectivity index (χ3n) is 7.55. The van der Waals surface area contributed by atoms with Gasteiger partial charge in [-0.3, -0.25) is 14.4 Å². The molecular formula is C26H30BClN2O5. The van der Waals surface area contributed by atoms with Gasteiger partial charge in [0.05, 0.1) is 19.8 Å². The molecule has 0 atom stereocenters. The molecule has 1 N–H and O–H groups in total. The molecule has 4 rings (SSSR count). The summed E-state index contributed by atoms with van der Waals surface area (Å²) in [5.74, 6) is -0.761. The van der Waals surface area contributed by atoms with Crippen LogP contribution in [-0.4, -0.2) is 56.8 Å². The number of carbonyl (C=O) groups excluding carboxylic acids is 3. The van der Waals surface area contributed by atoms with Crippen LogP contribution in [0.5, 0.6) is 0 Å². The highest BCUT2D eigenvalue weighted by Crippen LogP contribution is 2.43. The highest BCUT2D eigenvalue weighted by molar-refractivity contribution is 6.77. The van der Waals surface area contributed by atoms with Crippen molar-refractivity contribution < 1.29 is 23.9 Å². The minimum atomic E-state index is -1.42. The van der Waals surface area contributed by atoms with Crippen molar-refractivity contribution in [3.63, 3.8) is 0 Å². The smallest absolute Gasteiger partial charge is 0.411 e. The number of nitrogens with zero attached hydrogens (tertiary/aromatic N) is 1. The van der Waals surface area contributed by atoms with Gasteiger partial charge in [0.25, 0.3) is 0 Å². The summed E-state index contributed by atoms with van der Waals surface area (Å²) in [5, 5.41) is 3.55. The Kier molecular flexibility index (Phi) is 6.87. The number of fused-ring (bicyclic) bond motifs is 2. The van der Waals surface area contributed by atoms with Crippen LogP contribution in [-0.2, 0) is 38.3 Å². The molecule has 0 radical (unpaired) electrons. The molecule has 1 amide bonds. The monoisotopic (exact) mass is 496 g/mol. The standard InChI is InChI=1S/C26H30BClN2O5/c1-15-17(10-8-12-28)22(27-29-21-11-7-6-9-18(21)23(31)30(27)3)16(2)20-14-26(13-19(15)20,24(32)34-4)25(33)35-5/h6-7,9,11,29H,8,10,12-14H2,1-5H3. The molecule has 1 aliphatic heterocycles. The topological polar surface area (TPSA) is 84.9 Å². The van der Waals surface area contributed by atoms with Gasteiger partial charge >= 0.3 is 18.9 Å². The van der Waals surface area contributed by atoms with Gasteiger partial charge in [-0.05, 0) is 79.1 Å². The van der Waals surface area contributed by atoms with Crippen LogP contribution in [0.3, 0.4) is 0 Å². The van der Waals surface area contributed by atoms with E-state index in [1.54, 1.807) is 11.9 Å². The van der Waals surface area contributed by atoms with Gasteiger partial charge < -0.3 is 19.5 Å². The molecule has 2 aliphatic rings. The van der Waals surface area contributed by atoms with Crippen LogP contribution < -0.4 is 10.7 Å². The second-order valence-corrected chi connectivity index (χ2v) is 9.70. The molecular weight excluding hydrogens is 467 g/mol. The lowest BCUT2D eigenvalue weighted by Gasteiger charge is -2.35. The molecule has 0 spiro atoms. The number of benzene rings is 2. The zero-order valence-electron chi connectivity index (χ0n) is 20.8. The number of carbonyl (C=O) groups is 3. The molecule has 0 bridgehead atoms. The second kappa shape index (κ2) is 9.57. The van der Waals surface area contributed by atoms with E-state index >= 15 is 0 Å². The Bertz CT molecular complexity index is 1200. The molecule has 0 saturated heterocycles. The van der Waals surface area contributed by atoms with Crippen molar-refractivity contribution in [3.8, 4) is 0 Å². The molecule has 0 saturated carbocycles. The van der Waals surface area contributed by atoms with Crippen molar-refractivity contribution >= 4 is 47.6 Å². The van der Waals surface area contributed by atoms with Gasteiger partial charge in [0.15, 0.2) is 5.41 Å². The Labute approximate surface area is 211 Å². The van der Waals surface area contributed by atoms with Crippen LogP contribution in [0.25, 0.3) is 0 Å². The molecule has 184 valence electrons. The van der Waals surface area contributed by atoms with Crippen LogP contribution in [0, 0.1) is 19.3 Å². The third-order valence-corrected chi connectivity index (χ3v) is 7.82. The van der Waals surface area contributed by atoms with Gasteiger partial charge in [0.1, 0.15) is 0 Å². The SMILES string of the molecule is COC(=O)C1(C(=O)OC)Cc2c(C)c(CCCCl)c(B3Nc4ccccc4C(=O)N3C)c(C)c2C1. The van der Waals surface area contributed by atoms with E-state index in [2.05, 4.69) is 5.23 Å². The van der Waals surface area contributed by atoms with E-state index in [-0.39, 0.29) is 18.7 Å². The lowest BCUT2D eigenvalue weighted by atomic mass is 9.58. The average molecular weight is 497 g/mol. The van der Waals surface area contributed by atoms with Crippen molar-refractivity contribution in [2.24, 2.45) is 5.41 Å². The number of amides is 1. The van der Waals surface area contributed by atoms with E-state index in [0.29, 0.717) is 17.9 Å². The van der Waals surface area contributed by atoms with E-state index in [4.69, 9.17) is 21.1 Å². The van der Waals surface area contributed by atoms with Crippen molar-refractivity contribution in [2.75, 3.05) is 32.4 Å². The number of hydrogen-bond acceptors (Lipinski definition) is 6. The molecule has 0 aromatic heterocycles. The minimum Gasteiger partial charge on any atom is -0.468 e. The molecule has 1 aliphatic carbocycles. The number of halogens is 1. The molecule has 9 heteroatoms. The second-order valence-electron chi connectivity index (χ2n) is 9.32. The molecule has 0 unspecified atom stereocenters. The summed E-state index contributed by atoms with van der Waals surface area (Å²) < 4.78 is 10.1. The Morgan fingerprint density at radius 3 is 2.29 bits per heavy atom. The summed E-state index contributed by atoms with van der Waals surface area (Å²) in [6, 6.07) is 7.47. The van der Waals surface area contributed by atoms with Gasteiger partial charge in [-0.1, -0.05) is 12.1 Å². The fourth-order valence-corrected chi connectivity index (χ4v) is 5.82. The summed E-state index contributed by atoms with van der Waals surface area (Å²) in [5.41, 5.74) is 5.94. The van der Waals surface area contributed by atoms with Crippen LogP contribution >= 0.6 is 11.6 Å². The van der Waals surface area contributed by atoms with E-state index in [0.717, 1.165) is 45.4 Å². The third kappa shape index (κ3) is 3.88. The van der Waals surface area contributed by atoms with E-state index in [1.807, 2.05) is 38.1 Å². The molecule has 35 heavy (non-hydrogen) atoms. The number of alkyl halides is 1. The number of esters is 2. The number of methoxy groups -OCH3 is 2. The quantitative estimate of drug-likeness (QED) is 0.286. The Morgan fingerprint density at radius 2 is 1.69 bits per heavy atom. The summed E-state index contributed by atoms with van der Waals surface area (Å²) in [6.45, 7) is 3.62. The fourth-order valence-electron chi connectivity index (χ4n) is 5.68. The first kappa shape index (κ1) is 25.1. The number of rotatable bonds is 6. The lowest BCUT2D eigenvalue weighted by Crippen LogP contribution is -2.59. The first-order valence-corrected chi connectivity index (χ1v) is 12.2. The maximum Gasteiger partial charge on any atom is 0.411 e. The van der Waals surface area contributed by atoms with Crippen molar-refractivity contribution in [3.05, 3.63) is 57.6 Å². The zero-order chi connectivity index (χ0) is 25.5. The summed E-state index contributed by atoms with van der Waals surface area (Å²) in [4.78, 5) is 40.8. The summed E-state index contributed by atoms with van der Waals surface area (Å²) in [6.07, 6.45) is 1.88. The number of para-hydroxylation sites is 1. The molecule has 1 heterocycles. The summed E-state index contributed by atoms with van der Waals surface area (Å²) >= 11 is 6.08. The first-order valence-electron chi connectivity index (χ1n) is 11.7. The summed E-state index contributed by atoms with van der Waals surface area (Å²) in [7, 11) is 4.37. The van der Waals surface area contributed by atoms with Crippen LogP contribution in [0.2, 0.25) is 0 Å². The number of nitrogens with one attached hydrogen (secondary N) is 1. The van der Waals surface area contributed by atoms with Crippen molar-refractivity contribution in [2.45, 2.75) is 39.5 Å². The number of hydrogen-bond donors (Lipinski definition) is 1. The molecule has 7 nitrogen and oxygen atoms in total. The van der Waals surface area contributed by atoms with Gasteiger partial charge in [-0.25, -0.2) is 0 Å². The van der Waals surface area contributed by atoms with Gasteiger partial charge in [0.2, 0.25) is 5.91 Å². The first-order chi connectivity index (χ1) is 16.7. The van der Waals surface area contributed by atoms with Crippen LogP contribution in [0.15, 0.2) is 24.3 Å². The van der Waals surface area contributed by atoms with Crippen molar-refractivity contribution in [1.29, 1.82) is 0 Å². The predicted molar refractivity (Wildman–Crippen MR) is 136 cm³/mol. The maximum absolute atomic E-state index is 13.3. The number of ether oxygens (including phenoxy) is 2. The Hall–Kier alpha value is -3.00. The van der Waals surface area contributed by atoms with E-state index < -0.39 is 24.3 Å². The highest BCUT2D eigenvalue weighted by atomic mass is 35.5. The van der Waals surface area contributed by atoms with Gasteiger partial charge in [-0.15, -0.1) is 11.6 Å². The lowest BCUT2D eigenvalue weighted by molar-refractivity contribution is -0.168. The van der Waals surface area contributed by atoms with Gasteiger partial charge in [-0.2, -0.15) is 0 Å². The Balaban J connectivity index is 1.91. The highest BCUT2D eigenvalue weighted by Gasteiger charge is 2.54. The van der Waals surface area contributed by atoms with Crippen molar-refractivity contribution in [1.82, 2.24) is 4.81 Å². The van der Waals surface area contributed by atoms with E-state index in [9.17, 15) is 14.4 Å². The van der Waals surface area contributed by atoms with E-state index in [1.165, 1.54) is 14.2 Å². The fraction of sp³-hybridized carbons (Fsp3) is 0.423.